The van der Waals surface area contributed by atoms with E-state index >= 15 is 0 Å². The van der Waals surface area contributed by atoms with Gasteiger partial charge in [-0.15, -0.1) is 0 Å². The number of carbonyl (C=O) groups excluding carboxylic acids is 1. The predicted molar refractivity (Wildman–Crippen MR) is 117 cm³/mol. The lowest BCUT2D eigenvalue weighted by Crippen LogP contribution is -2.37. The van der Waals surface area contributed by atoms with Crippen molar-refractivity contribution < 1.29 is 14.7 Å². The monoisotopic (exact) mass is 423 g/mol. The lowest BCUT2D eigenvalue weighted by atomic mass is 10.0. The van der Waals surface area contributed by atoms with Crippen molar-refractivity contribution in [2.45, 2.75) is 44.6 Å². The molecule has 1 fully saturated rings. The van der Waals surface area contributed by atoms with Crippen molar-refractivity contribution >= 4 is 17.8 Å². The van der Waals surface area contributed by atoms with Gasteiger partial charge in [0.15, 0.2) is 0 Å². The highest BCUT2D eigenvalue weighted by molar-refractivity contribution is 5.80. The smallest absolute Gasteiger partial charge is 0.320 e. The maximum Gasteiger partial charge on any atom is 0.320 e. The Hall–Kier alpha value is -3.16. The molecule has 1 unspecified atom stereocenters. The summed E-state index contributed by atoms with van der Waals surface area (Å²) in [5.41, 5.74) is 2.92. The van der Waals surface area contributed by atoms with Crippen LogP contribution in [0.4, 0.5) is 10.6 Å². The number of fused-ring (bicyclic) bond motifs is 1. The molecule has 8 nitrogen and oxygen atoms in total. The first-order valence-corrected chi connectivity index (χ1v) is 10.9. The number of aryl methyl sites for hydroxylation is 2. The third-order valence-electron chi connectivity index (χ3n) is 6.10. The van der Waals surface area contributed by atoms with E-state index in [1.54, 1.807) is 29.4 Å². The van der Waals surface area contributed by atoms with Crippen molar-refractivity contribution in [2.24, 2.45) is 0 Å². The van der Waals surface area contributed by atoms with Gasteiger partial charge in [-0.2, -0.15) is 0 Å². The lowest BCUT2D eigenvalue weighted by molar-refractivity contribution is -0.139. The zero-order chi connectivity index (χ0) is 21.8. The van der Waals surface area contributed by atoms with Crippen molar-refractivity contribution in [2.75, 3.05) is 31.5 Å². The van der Waals surface area contributed by atoms with E-state index in [2.05, 4.69) is 22.4 Å². The molecule has 2 aromatic rings. The van der Waals surface area contributed by atoms with Crippen LogP contribution in [0.1, 0.15) is 42.5 Å². The maximum absolute atomic E-state index is 13.0. The Morgan fingerprint density at radius 2 is 2.23 bits per heavy atom. The average Bonchev–Trinajstić information content (AvgIpc) is 3.05. The minimum Gasteiger partial charge on any atom is -0.481 e. The van der Waals surface area contributed by atoms with E-state index in [1.165, 1.54) is 5.56 Å². The van der Waals surface area contributed by atoms with Gasteiger partial charge in [-0.05, 0) is 55.9 Å². The number of nitrogens with one attached hydrogen (secondary N) is 1. The second-order valence-electron chi connectivity index (χ2n) is 8.35. The Kier molecular flexibility index (Phi) is 6.34. The summed E-state index contributed by atoms with van der Waals surface area (Å²) in [6, 6.07) is 7.65. The van der Waals surface area contributed by atoms with Gasteiger partial charge < -0.3 is 20.2 Å². The summed E-state index contributed by atoms with van der Waals surface area (Å²) in [4.78, 5) is 37.0. The normalized spacial score (nSPS) is 19.1. The van der Waals surface area contributed by atoms with Crippen LogP contribution in [0.25, 0.3) is 0 Å². The van der Waals surface area contributed by atoms with E-state index in [-0.39, 0.29) is 18.6 Å². The average molecular weight is 424 g/mol. The third kappa shape index (κ3) is 4.78. The van der Waals surface area contributed by atoms with Crippen LogP contribution in [0.5, 0.6) is 0 Å². The summed E-state index contributed by atoms with van der Waals surface area (Å²) in [5.74, 6) is -0.730. The quantitative estimate of drug-likeness (QED) is 0.677. The molecule has 8 heteroatoms. The molecule has 2 aliphatic heterocycles. The van der Waals surface area contributed by atoms with Gasteiger partial charge in [0.2, 0.25) is 0 Å². The van der Waals surface area contributed by atoms with Crippen molar-refractivity contribution in [1.29, 1.82) is 0 Å². The highest BCUT2D eigenvalue weighted by Gasteiger charge is 2.36. The van der Waals surface area contributed by atoms with Gasteiger partial charge in [0, 0.05) is 50.3 Å². The number of anilines is 1. The van der Waals surface area contributed by atoms with Gasteiger partial charge in [-0.25, -0.2) is 9.78 Å². The number of carboxylic acid groups (broad SMARTS) is 1. The zero-order valence-electron chi connectivity index (χ0n) is 17.8. The van der Waals surface area contributed by atoms with Gasteiger partial charge in [-0.1, -0.05) is 12.1 Å². The van der Waals surface area contributed by atoms with E-state index in [0.29, 0.717) is 18.7 Å². The van der Waals surface area contributed by atoms with Crippen LogP contribution in [0.15, 0.2) is 36.7 Å². The highest BCUT2D eigenvalue weighted by atomic mass is 16.4. The lowest BCUT2D eigenvalue weighted by Gasteiger charge is -2.22. The van der Waals surface area contributed by atoms with E-state index in [4.69, 9.17) is 4.98 Å². The third-order valence-corrected chi connectivity index (χ3v) is 6.10. The Morgan fingerprint density at radius 3 is 3.00 bits per heavy atom. The first-order chi connectivity index (χ1) is 15.0. The largest absolute Gasteiger partial charge is 0.481 e. The van der Waals surface area contributed by atoms with Crippen molar-refractivity contribution in [3.63, 3.8) is 0 Å². The topological polar surface area (TPSA) is 98.7 Å². The number of carboxylic acids is 1. The second kappa shape index (κ2) is 9.32. The molecule has 4 rings (SSSR count). The van der Waals surface area contributed by atoms with Crippen LogP contribution in [-0.2, 0) is 17.6 Å². The van der Waals surface area contributed by atoms with E-state index in [9.17, 15) is 14.7 Å². The first kappa shape index (κ1) is 21.1. The fourth-order valence-electron chi connectivity index (χ4n) is 4.40. The van der Waals surface area contributed by atoms with Gasteiger partial charge in [0.25, 0.3) is 0 Å². The summed E-state index contributed by atoms with van der Waals surface area (Å²) in [5, 5.41) is 13.0. The van der Waals surface area contributed by atoms with Crippen LogP contribution in [-0.4, -0.2) is 69.1 Å². The number of carbonyl (C=O) groups is 2. The van der Waals surface area contributed by atoms with Crippen molar-refractivity contribution in [3.05, 3.63) is 53.5 Å². The van der Waals surface area contributed by atoms with Crippen molar-refractivity contribution in [3.8, 4) is 0 Å². The molecule has 0 aromatic carbocycles. The number of rotatable bonds is 8. The molecular formula is C23H29N5O3. The Bertz CT molecular complexity index is 936. The summed E-state index contributed by atoms with van der Waals surface area (Å²) >= 11 is 0. The molecule has 2 aromatic heterocycles. The highest BCUT2D eigenvalue weighted by Crippen LogP contribution is 2.24. The molecular weight excluding hydrogens is 394 g/mol. The van der Waals surface area contributed by atoms with Crippen LogP contribution in [0.3, 0.4) is 0 Å². The Labute approximate surface area is 182 Å². The number of aromatic nitrogens is 2. The van der Waals surface area contributed by atoms with Gasteiger partial charge in [0.1, 0.15) is 11.7 Å². The number of nitrogens with zero attached hydrogens (tertiary/aromatic N) is 4. The second-order valence-corrected chi connectivity index (χ2v) is 8.35. The molecule has 0 aliphatic carbocycles. The van der Waals surface area contributed by atoms with E-state index in [0.717, 1.165) is 43.7 Å². The summed E-state index contributed by atoms with van der Waals surface area (Å²) in [7, 11) is 0. The molecule has 2 aliphatic rings. The van der Waals surface area contributed by atoms with Crippen molar-refractivity contribution in [1.82, 2.24) is 19.8 Å². The van der Waals surface area contributed by atoms with E-state index in [1.807, 2.05) is 11.8 Å². The van der Waals surface area contributed by atoms with Crippen LogP contribution < -0.4 is 5.32 Å². The minimum atomic E-state index is -0.945. The minimum absolute atomic E-state index is 0.0500. The molecule has 0 spiro atoms. The SMILES string of the molecule is CC1CN(C[C@@H](C(=O)O)c2cccnc2)C(=O)N1CCCc1ccc2c(n1)NCCC2. The molecule has 0 radical (unpaired) electrons. The summed E-state index contributed by atoms with van der Waals surface area (Å²) in [6.07, 6.45) is 7.01. The summed E-state index contributed by atoms with van der Waals surface area (Å²) < 4.78 is 0. The van der Waals surface area contributed by atoms with Gasteiger partial charge in [-0.3, -0.25) is 9.78 Å². The fourth-order valence-corrected chi connectivity index (χ4v) is 4.40. The number of urea groups is 1. The summed E-state index contributed by atoms with van der Waals surface area (Å²) in [6.45, 7) is 4.30. The molecule has 2 amide bonds. The molecule has 2 atom stereocenters. The maximum atomic E-state index is 13.0. The number of hydrogen-bond donors (Lipinski definition) is 2. The Morgan fingerprint density at radius 1 is 1.35 bits per heavy atom. The van der Waals surface area contributed by atoms with Gasteiger partial charge in [0.05, 0.1) is 0 Å². The molecule has 2 N–H and O–H groups in total. The van der Waals surface area contributed by atoms with Crippen LogP contribution >= 0.6 is 0 Å². The molecule has 4 heterocycles. The molecule has 0 saturated carbocycles. The molecule has 0 bridgehead atoms. The standard InChI is InChI=1S/C23H29N5O3/c1-16-14-27(15-20(22(29)30)18-6-2-10-24-13-18)23(31)28(16)12-4-7-19-9-8-17-5-3-11-25-21(17)26-19/h2,6,8-10,13,16,20H,3-5,7,11-12,14-15H2,1H3,(H,25,26)(H,29,30)/t16?,20-/m1/s1. The zero-order valence-corrected chi connectivity index (χ0v) is 17.8. The molecule has 1 saturated heterocycles. The fraction of sp³-hybridized carbons (Fsp3) is 0.478. The Balaban J connectivity index is 1.34. The number of hydrogen-bond acceptors (Lipinski definition) is 5. The molecule has 164 valence electrons. The van der Waals surface area contributed by atoms with Gasteiger partial charge >= 0.3 is 12.0 Å². The predicted octanol–water partition coefficient (Wildman–Crippen LogP) is 2.76. The van der Waals surface area contributed by atoms with Crippen LogP contribution in [0.2, 0.25) is 0 Å². The number of amides is 2. The number of pyridine rings is 2. The first-order valence-electron chi connectivity index (χ1n) is 10.9. The van der Waals surface area contributed by atoms with Crippen LogP contribution in [0, 0.1) is 0 Å². The number of aliphatic carboxylic acids is 1. The molecule has 31 heavy (non-hydrogen) atoms. The van der Waals surface area contributed by atoms with E-state index < -0.39 is 11.9 Å².